The zero-order chi connectivity index (χ0) is 14.8. The quantitative estimate of drug-likeness (QED) is 0.842. The standard InChI is InChI=1S/C15H16N4O2/c1-9-2-5-11(6-12(9)16)21-14-7-13(17-8-18-14)19-15(20)10-3-4-10/h2,5-8,10H,3-4,16H2,1H3,(H,17,18,19,20). The van der Waals surface area contributed by atoms with Crippen LogP contribution in [0.15, 0.2) is 30.6 Å². The fourth-order valence-corrected chi connectivity index (χ4v) is 1.84. The number of anilines is 2. The number of ether oxygens (including phenoxy) is 1. The van der Waals surface area contributed by atoms with Crippen LogP contribution in [0.4, 0.5) is 11.5 Å². The predicted octanol–water partition coefficient (Wildman–Crippen LogP) is 2.51. The molecule has 3 N–H and O–H groups in total. The lowest BCUT2D eigenvalue weighted by molar-refractivity contribution is -0.117. The van der Waals surface area contributed by atoms with Gasteiger partial charge in [0.05, 0.1) is 0 Å². The molecule has 0 unspecified atom stereocenters. The zero-order valence-corrected chi connectivity index (χ0v) is 11.7. The fourth-order valence-electron chi connectivity index (χ4n) is 1.84. The van der Waals surface area contributed by atoms with E-state index in [0.717, 1.165) is 18.4 Å². The number of nitrogens with two attached hydrogens (primary N) is 1. The lowest BCUT2D eigenvalue weighted by Gasteiger charge is -2.08. The van der Waals surface area contributed by atoms with Crippen LogP contribution in [-0.4, -0.2) is 15.9 Å². The number of amides is 1. The van der Waals surface area contributed by atoms with Crippen molar-refractivity contribution in [3.05, 3.63) is 36.2 Å². The maximum absolute atomic E-state index is 11.7. The minimum absolute atomic E-state index is 0.000713. The number of benzene rings is 1. The Morgan fingerprint density at radius 1 is 1.33 bits per heavy atom. The smallest absolute Gasteiger partial charge is 0.228 e. The molecule has 1 aliphatic rings. The highest BCUT2D eigenvalue weighted by Gasteiger charge is 2.29. The molecule has 2 aromatic rings. The van der Waals surface area contributed by atoms with Crippen molar-refractivity contribution in [2.75, 3.05) is 11.1 Å². The van der Waals surface area contributed by atoms with Crippen molar-refractivity contribution in [2.24, 2.45) is 5.92 Å². The van der Waals surface area contributed by atoms with Gasteiger partial charge in [-0.15, -0.1) is 0 Å². The van der Waals surface area contributed by atoms with Crippen LogP contribution in [0.25, 0.3) is 0 Å². The first-order valence-electron chi connectivity index (χ1n) is 6.79. The van der Waals surface area contributed by atoms with Crippen molar-refractivity contribution in [3.63, 3.8) is 0 Å². The Balaban J connectivity index is 1.72. The van der Waals surface area contributed by atoms with E-state index in [0.29, 0.717) is 23.1 Å². The minimum atomic E-state index is -0.000713. The van der Waals surface area contributed by atoms with Gasteiger partial charge in [-0.05, 0) is 31.4 Å². The third kappa shape index (κ3) is 3.28. The number of carbonyl (C=O) groups is 1. The van der Waals surface area contributed by atoms with E-state index in [2.05, 4.69) is 15.3 Å². The van der Waals surface area contributed by atoms with Crippen LogP contribution in [0.3, 0.4) is 0 Å². The summed E-state index contributed by atoms with van der Waals surface area (Å²) in [6, 6.07) is 7.02. The van der Waals surface area contributed by atoms with Crippen LogP contribution in [0.2, 0.25) is 0 Å². The molecule has 1 saturated carbocycles. The van der Waals surface area contributed by atoms with Gasteiger partial charge in [0.2, 0.25) is 11.8 Å². The summed E-state index contributed by atoms with van der Waals surface area (Å²) in [7, 11) is 0. The molecule has 21 heavy (non-hydrogen) atoms. The van der Waals surface area contributed by atoms with Crippen molar-refractivity contribution in [1.82, 2.24) is 9.97 Å². The number of rotatable bonds is 4. The van der Waals surface area contributed by atoms with Gasteiger partial charge in [-0.1, -0.05) is 6.07 Å². The highest BCUT2D eigenvalue weighted by atomic mass is 16.5. The van der Waals surface area contributed by atoms with Crippen molar-refractivity contribution >= 4 is 17.4 Å². The van der Waals surface area contributed by atoms with Crippen LogP contribution in [0, 0.1) is 12.8 Å². The lowest BCUT2D eigenvalue weighted by atomic mass is 10.2. The molecular formula is C15H16N4O2. The molecule has 0 aliphatic heterocycles. The number of hydrogen-bond acceptors (Lipinski definition) is 5. The van der Waals surface area contributed by atoms with Gasteiger partial charge >= 0.3 is 0 Å². The van der Waals surface area contributed by atoms with Crippen LogP contribution in [-0.2, 0) is 4.79 Å². The highest BCUT2D eigenvalue weighted by molar-refractivity contribution is 5.93. The van der Waals surface area contributed by atoms with Crippen molar-refractivity contribution < 1.29 is 9.53 Å². The number of carbonyl (C=O) groups excluding carboxylic acids is 1. The van der Waals surface area contributed by atoms with Crippen LogP contribution >= 0.6 is 0 Å². The second-order valence-electron chi connectivity index (χ2n) is 5.13. The van der Waals surface area contributed by atoms with Gasteiger partial charge in [0.1, 0.15) is 17.9 Å². The van der Waals surface area contributed by atoms with Crippen LogP contribution in [0.1, 0.15) is 18.4 Å². The molecule has 108 valence electrons. The summed E-state index contributed by atoms with van der Waals surface area (Å²) in [5.41, 5.74) is 7.49. The Hall–Kier alpha value is -2.63. The summed E-state index contributed by atoms with van der Waals surface area (Å²) in [5, 5.41) is 2.76. The molecule has 1 amide bonds. The van der Waals surface area contributed by atoms with Crippen molar-refractivity contribution in [3.8, 4) is 11.6 Å². The molecule has 6 heteroatoms. The minimum Gasteiger partial charge on any atom is -0.439 e. The molecule has 1 aromatic carbocycles. The Labute approximate surface area is 122 Å². The Morgan fingerprint density at radius 3 is 2.86 bits per heavy atom. The summed E-state index contributed by atoms with van der Waals surface area (Å²) in [6.45, 7) is 1.93. The summed E-state index contributed by atoms with van der Waals surface area (Å²) < 4.78 is 5.63. The molecule has 0 atom stereocenters. The van der Waals surface area contributed by atoms with Crippen molar-refractivity contribution in [1.29, 1.82) is 0 Å². The third-order valence-electron chi connectivity index (χ3n) is 3.31. The number of nitrogens with one attached hydrogen (secondary N) is 1. The second-order valence-corrected chi connectivity index (χ2v) is 5.13. The van der Waals surface area contributed by atoms with E-state index in [1.165, 1.54) is 6.33 Å². The summed E-state index contributed by atoms with van der Waals surface area (Å²) >= 11 is 0. The molecule has 6 nitrogen and oxygen atoms in total. The summed E-state index contributed by atoms with van der Waals surface area (Å²) in [4.78, 5) is 19.7. The normalized spacial score (nSPS) is 13.8. The molecule has 1 aromatic heterocycles. The van der Waals surface area contributed by atoms with Gasteiger partial charge in [-0.3, -0.25) is 4.79 Å². The molecule has 1 heterocycles. The number of nitrogens with zero attached hydrogens (tertiary/aromatic N) is 2. The maximum Gasteiger partial charge on any atom is 0.228 e. The monoisotopic (exact) mass is 284 g/mol. The van der Waals surface area contributed by atoms with Gasteiger partial charge < -0.3 is 15.8 Å². The lowest BCUT2D eigenvalue weighted by Crippen LogP contribution is -2.14. The van der Waals surface area contributed by atoms with Crippen LogP contribution < -0.4 is 15.8 Å². The first-order valence-corrected chi connectivity index (χ1v) is 6.79. The van der Waals surface area contributed by atoms with Crippen molar-refractivity contribution in [2.45, 2.75) is 19.8 Å². The first kappa shape index (κ1) is 13.4. The van der Waals surface area contributed by atoms with E-state index < -0.39 is 0 Å². The SMILES string of the molecule is Cc1ccc(Oc2cc(NC(=O)C3CC3)ncn2)cc1N. The van der Waals surface area contributed by atoms with Gasteiger partial charge in [0.15, 0.2) is 0 Å². The molecule has 1 aliphatic carbocycles. The van der Waals surface area contributed by atoms with Gasteiger partial charge in [-0.25, -0.2) is 9.97 Å². The number of nitrogen functional groups attached to an aromatic ring is 1. The zero-order valence-electron chi connectivity index (χ0n) is 11.7. The van der Waals surface area contributed by atoms with Crippen LogP contribution in [0.5, 0.6) is 11.6 Å². The Morgan fingerprint density at radius 2 is 2.14 bits per heavy atom. The maximum atomic E-state index is 11.7. The molecule has 0 saturated heterocycles. The fraction of sp³-hybridized carbons (Fsp3) is 0.267. The first-order chi connectivity index (χ1) is 10.1. The van der Waals surface area contributed by atoms with Gasteiger partial charge in [0, 0.05) is 23.7 Å². The molecule has 1 fully saturated rings. The Kier molecular flexibility index (Phi) is 3.43. The van der Waals surface area contributed by atoms with Gasteiger partial charge in [0.25, 0.3) is 0 Å². The molecule has 3 rings (SSSR count). The largest absolute Gasteiger partial charge is 0.439 e. The van der Waals surface area contributed by atoms with E-state index in [1.54, 1.807) is 12.1 Å². The van der Waals surface area contributed by atoms with E-state index in [4.69, 9.17) is 10.5 Å². The molecular weight excluding hydrogens is 268 g/mol. The molecule has 0 radical (unpaired) electrons. The highest BCUT2D eigenvalue weighted by Crippen LogP contribution is 2.30. The van der Waals surface area contributed by atoms with E-state index in [9.17, 15) is 4.79 Å². The average molecular weight is 284 g/mol. The van der Waals surface area contributed by atoms with Gasteiger partial charge in [-0.2, -0.15) is 0 Å². The Bertz CT molecular complexity index is 683. The summed E-state index contributed by atoms with van der Waals surface area (Å²) in [6.07, 6.45) is 3.25. The predicted molar refractivity (Wildman–Crippen MR) is 79.1 cm³/mol. The van der Waals surface area contributed by atoms with E-state index in [-0.39, 0.29) is 11.8 Å². The average Bonchev–Trinajstić information content (AvgIpc) is 3.28. The van der Waals surface area contributed by atoms with E-state index in [1.807, 2.05) is 19.1 Å². The molecule has 0 spiro atoms. The number of aromatic nitrogens is 2. The third-order valence-corrected chi connectivity index (χ3v) is 3.31. The molecule has 0 bridgehead atoms. The second kappa shape index (κ2) is 5.40. The summed E-state index contributed by atoms with van der Waals surface area (Å²) in [5.74, 6) is 1.52. The van der Waals surface area contributed by atoms with E-state index >= 15 is 0 Å². The number of hydrogen-bond donors (Lipinski definition) is 2. The number of aryl methyl sites for hydroxylation is 1. The topological polar surface area (TPSA) is 90.1 Å².